The number of rotatable bonds is 5. The fourth-order valence-corrected chi connectivity index (χ4v) is 2.92. The van der Waals surface area contributed by atoms with Crippen molar-refractivity contribution in [3.8, 4) is 5.75 Å². The van der Waals surface area contributed by atoms with Crippen molar-refractivity contribution in [3.63, 3.8) is 0 Å². The molecule has 0 aliphatic heterocycles. The fourth-order valence-electron chi connectivity index (χ4n) is 2.92. The molecule has 1 aliphatic rings. The fraction of sp³-hybridized carbons (Fsp3) is 0.500. The quantitative estimate of drug-likeness (QED) is 0.901. The lowest BCUT2D eigenvalue weighted by atomic mass is 10.1. The molecule has 1 amide bonds. The van der Waals surface area contributed by atoms with E-state index in [0.717, 1.165) is 11.3 Å². The summed E-state index contributed by atoms with van der Waals surface area (Å²) in [5.41, 5.74) is 0.487. The first-order valence-corrected chi connectivity index (χ1v) is 6.89. The number of amides is 1. The number of hydrogen-bond acceptors (Lipinski definition) is 3. The highest BCUT2D eigenvalue weighted by molar-refractivity contribution is 5.91. The summed E-state index contributed by atoms with van der Waals surface area (Å²) in [6, 6.07) is 7.50. The van der Waals surface area contributed by atoms with Gasteiger partial charge in [-0.05, 0) is 23.1 Å². The minimum Gasteiger partial charge on any atom is -0.497 e. The van der Waals surface area contributed by atoms with E-state index < -0.39 is 23.2 Å². The number of ether oxygens (including phenoxy) is 1. The second-order valence-corrected chi connectivity index (χ2v) is 6.16. The van der Waals surface area contributed by atoms with Gasteiger partial charge in [0.05, 0.1) is 18.9 Å². The van der Waals surface area contributed by atoms with Gasteiger partial charge in [0.2, 0.25) is 5.91 Å². The van der Waals surface area contributed by atoms with Crippen molar-refractivity contribution in [3.05, 3.63) is 29.8 Å². The van der Waals surface area contributed by atoms with Crippen molar-refractivity contribution in [1.29, 1.82) is 0 Å². The molecule has 1 aromatic carbocycles. The Labute approximate surface area is 124 Å². The molecule has 2 unspecified atom stereocenters. The normalized spacial score (nSPS) is 22.5. The maximum absolute atomic E-state index is 12.4. The smallest absolute Gasteiger partial charge is 0.307 e. The van der Waals surface area contributed by atoms with Crippen LogP contribution >= 0.6 is 0 Å². The van der Waals surface area contributed by atoms with Crippen LogP contribution in [0.2, 0.25) is 0 Å². The van der Waals surface area contributed by atoms with E-state index >= 15 is 0 Å². The molecule has 0 aromatic heterocycles. The van der Waals surface area contributed by atoms with Crippen LogP contribution in [-0.2, 0) is 16.1 Å². The second-order valence-electron chi connectivity index (χ2n) is 6.16. The van der Waals surface area contributed by atoms with Crippen LogP contribution < -0.4 is 4.74 Å². The first-order valence-electron chi connectivity index (χ1n) is 6.89. The minimum absolute atomic E-state index is 0.116. The van der Waals surface area contributed by atoms with Crippen LogP contribution in [0.25, 0.3) is 0 Å². The maximum atomic E-state index is 12.4. The Morgan fingerprint density at radius 1 is 1.33 bits per heavy atom. The number of aliphatic carboxylic acids is 1. The van der Waals surface area contributed by atoms with Gasteiger partial charge in [0.25, 0.3) is 0 Å². The Kier molecular flexibility index (Phi) is 3.94. The average Bonchev–Trinajstić information content (AvgIpc) is 3.01. The monoisotopic (exact) mass is 291 g/mol. The number of benzene rings is 1. The highest BCUT2D eigenvalue weighted by atomic mass is 16.5. The average molecular weight is 291 g/mol. The van der Waals surface area contributed by atoms with Crippen LogP contribution in [0.15, 0.2) is 24.3 Å². The number of nitrogens with zero attached hydrogens (tertiary/aromatic N) is 1. The van der Waals surface area contributed by atoms with E-state index in [-0.39, 0.29) is 5.91 Å². The van der Waals surface area contributed by atoms with Crippen LogP contribution in [0.3, 0.4) is 0 Å². The van der Waals surface area contributed by atoms with Crippen LogP contribution in [-0.4, -0.2) is 36.0 Å². The van der Waals surface area contributed by atoms with E-state index in [4.69, 9.17) is 9.84 Å². The molecule has 1 fully saturated rings. The van der Waals surface area contributed by atoms with Gasteiger partial charge in [-0.25, -0.2) is 0 Å². The lowest BCUT2D eigenvalue weighted by molar-refractivity contribution is -0.141. The molecular formula is C16H21NO4. The lowest BCUT2D eigenvalue weighted by Crippen LogP contribution is -2.29. The van der Waals surface area contributed by atoms with Crippen molar-refractivity contribution < 1.29 is 19.4 Å². The third-order valence-electron chi connectivity index (χ3n) is 4.29. The number of carboxylic acids is 1. The lowest BCUT2D eigenvalue weighted by Gasteiger charge is -2.18. The Morgan fingerprint density at radius 3 is 2.52 bits per heavy atom. The summed E-state index contributed by atoms with van der Waals surface area (Å²) < 4.78 is 5.16. The third kappa shape index (κ3) is 2.86. The van der Waals surface area contributed by atoms with Crippen molar-refractivity contribution >= 4 is 11.9 Å². The van der Waals surface area contributed by atoms with E-state index in [1.165, 1.54) is 0 Å². The first kappa shape index (κ1) is 15.4. The second kappa shape index (κ2) is 5.39. The molecule has 0 saturated heterocycles. The Bertz CT molecular complexity index is 567. The summed E-state index contributed by atoms with van der Waals surface area (Å²) >= 11 is 0. The van der Waals surface area contributed by atoms with Gasteiger partial charge in [-0.2, -0.15) is 0 Å². The van der Waals surface area contributed by atoms with E-state index in [9.17, 15) is 9.59 Å². The largest absolute Gasteiger partial charge is 0.497 e. The molecule has 1 aromatic rings. The predicted octanol–water partition coefficient (Wildman–Crippen LogP) is 2.01. The van der Waals surface area contributed by atoms with Gasteiger partial charge in [-0.3, -0.25) is 9.59 Å². The molecule has 1 N–H and O–H groups in total. The number of methoxy groups -OCH3 is 1. The molecule has 5 nitrogen and oxygen atoms in total. The SMILES string of the molecule is COc1cccc(CN(C)C(=O)C2C(C(=O)O)C2(C)C)c1. The number of hydrogen-bond donors (Lipinski definition) is 1. The first-order chi connectivity index (χ1) is 9.78. The molecule has 0 radical (unpaired) electrons. The van der Waals surface area contributed by atoms with Crippen LogP contribution in [0.4, 0.5) is 0 Å². The van der Waals surface area contributed by atoms with Gasteiger partial charge in [0.1, 0.15) is 5.75 Å². The van der Waals surface area contributed by atoms with E-state index in [1.807, 2.05) is 38.1 Å². The van der Waals surface area contributed by atoms with Gasteiger partial charge in [0, 0.05) is 13.6 Å². The third-order valence-corrected chi connectivity index (χ3v) is 4.29. The highest BCUT2D eigenvalue weighted by Gasteiger charge is 2.66. The Morgan fingerprint density at radius 2 is 2.00 bits per heavy atom. The highest BCUT2D eigenvalue weighted by Crippen LogP contribution is 2.58. The Balaban J connectivity index is 2.05. The summed E-state index contributed by atoms with van der Waals surface area (Å²) in [6.45, 7) is 4.09. The number of carbonyl (C=O) groups excluding carboxylic acids is 1. The molecule has 21 heavy (non-hydrogen) atoms. The topological polar surface area (TPSA) is 66.8 Å². The standard InChI is InChI=1S/C16H21NO4/c1-16(2)12(13(16)15(19)20)14(18)17(3)9-10-6-5-7-11(8-10)21-4/h5-8,12-13H,9H2,1-4H3,(H,19,20). The van der Waals surface area contributed by atoms with E-state index in [0.29, 0.717) is 6.54 Å². The zero-order valence-electron chi connectivity index (χ0n) is 12.8. The van der Waals surface area contributed by atoms with Crippen molar-refractivity contribution in [1.82, 2.24) is 4.90 Å². The zero-order chi connectivity index (χ0) is 15.8. The van der Waals surface area contributed by atoms with Gasteiger partial charge in [-0.1, -0.05) is 26.0 Å². The molecule has 0 heterocycles. The summed E-state index contributed by atoms with van der Waals surface area (Å²) in [4.78, 5) is 25.2. The van der Waals surface area contributed by atoms with Crippen molar-refractivity contribution in [2.75, 3.05) is 14.2 Å². The van der Waals surface area contributed by atoms with Gasteiger partial charge < -0.3 is 14.7 Å². The number of carbonyl (C=O) groups is 2. The maximum Gasteiger partial charge on any atom is 0.307 e. The van der Waals surface area contributed by atoms with Gasteiger partial charge in [-0.15, -0.1) is 0 Å². The molecule has 2 rings (SSSR count). The molecule has 0 bridgehead atoms. The van der Waals surface area contributed by atoms with Gasteiger partial charge >= 0.3 is 5.97 Å². The summed E-state index contributed by atoms with van der Waals surface area (Å²) in [5.74, 6) is -1.30. The molecule has 1 saturated carbocycles. The molecule has 114 valence electrons. The minimum atomic E-state index is -0.895. The van der Waals surface area contributed by atoms with Crippen LogP contribution in [0.5, 0.6) is 5.75 Å². The summed E-state index contributed by atoms with van der Waals surface area (Å²) in [7, 11) is 3.30. The van der Waals surface area contributed by atoms with Crippen molar-refractivity contribution in [2.45, 2.75) is 20.4 Å². The van der Waals surface area contributed by atoms with E-state index in [1.54, 1.807) is 19.1 Å². The molecular weight excluding hydrogens is 270 g/mol. The van der Waals surface area contributed by atoms with Crippen molar-refractivity contribution in [2.24, 2.45) is 17.3 Å². The summed E-state index contributed by atoms with van der Waals surface area (Å²) in [6.07, 6.45) is 0. The Hall–Kier alpha value is -2.04. The zero-order valence-corrected chi connectivity index (χ0v) is 12.8. The predicted molar refractivity (Wildman–Crippen MR) is 77.9 cm³/mol. The number of carboxylic acid groups (broad SMARTS) is 1. The van der Waals surface area contributed by atoms with Gasteiger partial charge in [0.15, 0.2) is 0 Å². The summed E-state index contributed by atoms with van der Waals surface area (Å²) in [5, 5.41) is 9.16. The molecule has 1 aliphatic carbocycles. The molecule has 0 spiro atoms. The molecule has 5 heteroatoms. The molecule has 2 atom stereocenters. The van der Waals surface area contributed by atoms with Crippen LogP contribution in [0, 0.1) is 17.3 Å². The van der Waals surface area contributed by atoms with E-state index in [2.05, 4.69) is 0 Å². The van der Waals surface area contributed by atoms with Crippen LogP contribution in [0.1, 0.15) is 19.4 Å².